The van der Waals surface area contributed by atoms with Gasteiger partial charge in [0.25, 0.3) is 0 Å². The summed E-state index contributed by atoms with van der Waals surface area (Å²) in [6.07, 6.45) is 0.830. The average Bonchev–Trinajstić information content (AvgIpc) is 4.25. The van der Waals surface area contributed by atoms with Crippen molar-refractivity contribution in [1.82, 2.24) is 24.1 Å². The van der Waals surface area contributed by atoms with Crippen LogP contribution in [0.1, 0.15) is 11.1 Å². The lowest BCUT2D eigenvalue weighted by Gasteiger charge is -2.15. The molecule has 3 heterocycles. The molecule has 0 N–H and O–H groups in total. The predicted octanol–water partition coefficient (Wildman–Crippen LogP) is 17.6. The summed E-state index contributed by atoms with van der Waals surface area (Å²) in [7, 11) is 0. The highest BCUT2D eigenvalue weighted by Crippen LogP contribution is 2.50. The number of rotatable bonds is 8. The van der Waals surface area contributed by atoms with Crippen LogP contribution >= 0.6 is 0 Å². The third-order valence-corrected chi connectivity index (χ3v) is 15.2. The fraction of sp³-hybridized carbons (Fsp3) is 0.0143. The van der Waals surface area contributed by atoms with E-state index in [-0.39, 0.29) is 0 Å². The zero-order valence-electron chi connectivity index (χ0n) is 40.8. The molecule has 0 saturated carbocycles. The average molecular weight is 956 g/mol. The molecule has 350 valence electrons. The molecular formula is C70H45N5. The maximum atomic E-state index is 5.24. The normalized spacial score (nSPS) is 11.9. The lowest BCUT2D eigenvalue weighted by molar-refractivity contribution is 0.953. The number of nitrogens with zero attached hydrogens (tertiary/aromatic N) is 5. The fourth-order valence-electron chi connectivity index (χ4n) is 11.8. The van der Waals surface area contributed by atoms with E-state index < -0.39 is 0 Å². The third-order valence-electron chi connectivity index (χ3n) is 15.2. The van der Waals surface area contributed by atoms with Gasteiger partial charge in [-0.3, -0.25) is 4.57 Å². The summed E-state index contributed by atoms with van der Waals surface area (Å²) in [5.74, 6) is 1.82. The third kappa shape index (κ3) is 7.04. The van der Waals surface area contributed by atoms with E-state index in [1.54, 1.807) is 0 Å². The molecule has 0 aliphatic heterocycles. The summed E-state index contributed by atoms with van der Waals surface area (Å²) < 4.78 is 4.68. The highest BCUT2D eigenvalue weighted by atomic mass is 15.2. The molecule has 0 saturated heterocycles. The Morgan fingerprint density at radius 3 is 1.19 bits per heavy atom. The summed E-state index contributed by atoms with van der Waals surface area (Å²) >= 11 is 0. The van der Waals surface area contributed by atoms with E-state index in [4.69, 9.17) is 15.0 Å². The Morgan fingerprint density at radius 2 is 0.667 bits per heavy atom. The van der Waals surface area contributed by atoms with E-state index in [1.807, 2.05) is 36.4 Å². The largest absolute Gasteiger partial charge is 0.309 e. The first kappa shape index (κ1) is 42.7. The number of aromatic nitrogens is 5. The number of hydrogen-bond donors (Lipinski definition) is 0. The van der Waals surface area contributed by atoms with Crippen LogP contribution in [0.3, 0.4) is 0 Å². The molecule has 0 radical (unpaired) electrons. The molecule has 1 aliphatic carbocycles. The predicted molar refractivity (Wildman–Crippen MR) is 309 cm³/mol. The van der Waals surface area contributed by atoms with Gasteiger partial charge in [0, 0.05) is 38.4 Å². The van der Waals surface area contributed by atoms with Gasteiger partial charge in [-0.25, -0.2) is 4.98 Å². The van der Waals surface area contributed by atoms with Crippen LogP contribution in [-0.2, 0) is 6.42 Å². The fourth-order valence-corrected chi connectivity index (χ4v) is 11.8. The van der Waals surface area contributed by atoms with Gasteiger partial charge < -0.3 is 4.57 Å². The molecule has 0 fully saturated rings. The van der Waals surface area contributed by atoms with Crippen molar-refractivity contribution in [3.05, 3.63) is 272 Å². The summed E-state index contributed by atoms with van der Waals surface area (Å²) in [5, 5.41) is 4.67. The van der Waals surface area contributed by atoms with Gasteiger partial charge >= 0.3 is 0 Å². The molecule has 0 spiro atoms. The van der Waals surface area contributed by atoms with Crippen LogP contribution in [0.25, 0.3) is 134 Å². The van der Waals surface area contributed by atoms with Gasteiger partial charge in [-0.05, 0) is 134 Å². The standard InChI is InChI=1S/C70H45N5/c1-6-21-45(22-7-1)51-40-56(47-25-10-3-11-26-47)60-44-61-57(41-52(43-59(61)58(60)42-51)46-23-8-2-9-24-46)50-31-20-32-53(39-50)74-62-35-18-16-33-54(62)66-64(74)37-38-65-67(66)55-34-17-19-36-63(55)75(65)70-72-68(48-27-12-4-13-28-48)71-69(73-70)49-29-14-5-15-30-49/h1-43H,44H2. The van der Waals surface area contributed by atoms with E-state index >= 15 is 0 Å². The van der Waals surface area contributed by atoms with Crippen molar-refractivity contribution in [3.8, 4) is 90.0 Å². The zero-order valence-corrected chi connectivity index (χ0v) is 40.8. The summed E-state index contributed by atoms with van der Waals surface area (Å²) in [6, 6.07) is 93.9. The number of hydrogen-bond acceptors (Lipinski definition) is 3. The van der Waals surface area contributed by atoms with Gasteiger partial charge in [0.05, 0.1) is 22.1 Å². The van der Waals surface area contributed by atoms with Crippen molar-refractivity contribution in [2.24, 2.45) is 0 Å². The van der Waals surface area contributed by atoms with Crippen molar-refractivity contribution in [1.29, 1.82) is 0 Å². The minimum Gasteiger partial charge on any atom is -0.309 e. The number of benzene rings is 11. The van der Waals surface area contributed by atoms with E-state index in [2.05, 4.69) is 234 Å². The first-order valence-electron chi connectivity index (χ1n) is 25.6. The first-order chi connectivity index (χ1) is 37.2. The molecule has 5 nitrogen and oxygen atoms in total. The molecule has 14 aromatic rings. The summed E-state index contributed by atoms with van der Waals surface area (Å²) in [4.78, 5) is 15.5. The van der Waals surface area contributed by atoms with Gasteiger partial charge in [0.15, 0.2) is 11.6 Å². The van der Waals surface area contributed by atoms with Crippen molar-refractivity contribution < 1.29 is 0 Å². The molecule has 0 amide bonds. The number of fused-ring (bicyclic) bond motifs is 10. The Labute approximate surface area is 434 Å². The second kappa shape index (κ2) is 17.4. The summed E-state index contributed by atoms with van der Waals surface area (Å²) in [6.45, 7) is 0. The Balaban J connectivity index is 0.939. The molecule has 1 aliphatic rings. The maximum absolute atomic E-state index is 5.24. The van der Waals surface area contributed by atoms with E-state index in [9.17, 15) is 0 Å². The highest BCUT2D eigenvalue weighted by Gasteiger charge is 2.28. The molecule has 11 aromatic carbocycles. The Kier molecular flexibility index (Phi) is 9.88. The van der Waals surface area contributed by atoms with E-state index in [0.717, 1.165) is 56.1 Å². The minimum absolute atomic E-state index is 0.573. The Hall–Kier alpha value is -9.97. The lowest BCUT2D eigenvalue weighted by Crippen LogP contribution is -2.06. The second-order valence-electron chi connectivity index (χ2n) is 19.5. The van der Waals surface area contributed by atoms with Crippen molar-refractivity contribution in [2.45, 2.75) is 6.42 Å². The van der Waals surface area contributed by atoms with Gasteiger partial charge in [0.2, 0.25) is 5.95 Å². The zero-order chi connectivity index (χ0) is 49.4. The van der Waals surface area contributed by atoms with Crippen molar-refractivity contribution in [3.63, 3.8) is 0 Å². The Bertz CT molecular complexity index is 4460. The minimum atomic E-state index is 0.573. The summed E-state index contributed by atoms with van der Waals surface area (Å²) in [5.41, 5.74) is 22.4. The van der Waals surface area contributed by atoms with Crippen LogP contribution in [-0.4, -0.2) is 24.1 Å². The van der Waals surface area contributed by atoms with Crippen LogP contribution in [0, 0.1) is 0 Å². The lowest BCUT2D eigenvalue weighted by atomic mass is 9.90. The molecule has 3 aromatic heterocycles. The van der Waals surface area contributed by atoms with E-state index in [1.165, 1.54) is 77.5 Å². The van der Waals surface area contributed by atoms with Gasteiger partial charge in [-0.1, -0.05) is 200 Å². The van der Waals surface area contributed by atoms with Gasteiger partial charge in [0.1, 0.15) is 0 Å². The molecule has 0 atom stereocenters. The van der Waals surface area contributed by atoms with E-state index in [0.29, 0.717) is 17.6 Å². The quantitative estimate of drug-likeness (QED) is 0.152. The molecule has 15 rings (SSSR count). The van der Waals surface area contributed by atoms with Crippen molar-refractivity contribution >= 4 is 43.6 Å². The Morgan fingerprint density at radius 1 is 0.267 bits per heavy atom. The maximum Gasteiger partial charge on any atom is 0.238 e. The smallest absolute Gasteiger partial charge is 0.238 e. The second-order valence-corrected chi connectivity index (χ2v) is 19.5. The van der Waals surface area contributed by atoms with Gasteiger partial charge in [-0.15, -0.1) is 0 Å². The van der Waals surface area contributed by atoms with Crippen LogP contribution < -0.4 is 0 Å². The molecule has 75 heavy (non-hydrogen) atoms. The molecular weight excluding hydrogens is 911 g/mol. The molecule has 0 unspecified atom stereocenters. The molecule has 0 bridgehead atoms. The monoisotopic (exact) mass is 955 g/mol. The van der Waals surface area contributed by atoms with Crippen LogP contribution in [0.15, 0.2) is 261 Å². The topological polar surface area (TPSA) is 48.5 Å². The highest BCUT2D eigenvalue weighted by molar-refractivity contribution is 6.29. The SMILES string of the molecule is c1ccc(-c2cc(-c3ccccc3)c3c(c2)-c2cc(-c4ccccc4)cc(-c4cccc(-n5c6ccccc6c6c7c8ccccc8n(-c8nc(-c9ccccc9)nc(-c9ccccc9)n8)c7ccc65)c4)c2C3)cc1. The van der Waals surface area contributed by atoms with Crippen LogP contribution in [0.4, 0.5) is 0 Å². The van der Waals surface area contributed by atoms with Crippen LogP contribution in [0.5, 0.6) is 0 Å². The van der Waals surface area contributed by atoms with Crippen molar-refractivity contribution in [2.75, 3.05) is 0 Å². The number of para-hydroxylation sites is 2. The first-order valence-corrected chi connectivity index (χ1v) is 25.6. The van der Waals surface area contributed by atoms with Gasteiger partial charge in [-0.2, -0.15) is 9.97 Å². The molecule has 5 heteroatoms. The van der Waals surface area contributed by atoms with Crippen LogP contribution in [0.2, 0.25) is 0 Å².